The molecule has 3 aliphatic rings. The van der Waals surface area contributed by atoms with E-state index in [0.717, 1.165) is 11.8 Å². The van der Waals surface area contributed by atoms with E-state index in [-0.39, 0.29) is 0 Å². The molecule has 11 heavy (non-hydrogen) atoms. The van der Waals surface area contributed by atoms with Crippen LogP contribution in [-0.4, -0.2) is 11.7 Å². The Balaban J connectivity index is 1.85. The summed E-state index contributed by atoms with van der Waals surface area (Å²) in [5.74, 6) is 1.97. The standard InChI is InChI=1S/C10H16O/c1-9(2)6-4-8-10(3,11-8)5-7(6)9/h6-8H,4-5H2,1-3H3/t6-,7+,8+,10-/m1/s1. The highest BCUT2D eigenvalue weighted by Crippen LogP contribution is 2.70. The van der Waals surface area contributed by atoms with Crippen LogP contribution < -0.4 is 0 Å². The number of hydrogen-bond acceptors (Lipinski definition) is 1. The van der Waals surface area contributed by atoms with E-state index < -0.39 is 0 Å². The van der Waals surface area contributed by atoms with Crippen LogP contribution in [0.25, 0.3) is 0 Å². The maximum atomic E-state index is 5.66. The quantitative estimate of drug-likeness (QED) is 0.485. The molecule has 1 nitrogen and oxygen atoms in total. The summed E-state index contributed by atoms with van der Waals surface area (Å²) in [6.07, 6.45) is 3.30. The molecule has 4 atom stereocenters. The van der Waals surface area contributed by atoms with Crippen molar-refractivity contribution in [3.8, 4) is 0 Å². The van der Waals surface area contributed by atoms with E-state index in [1.165, 1.54) is 12.8 Å². The molecule has 0 bridgehead atoms. The molecule has 1 saturated heterocycles. The minimum atomic E-state index is 0.314. The highest BCUT2D eigenvalue weighted by Gasteiger charge is 2.70. The van der Waals surface area contributed by atoms with Crippen LogP contribution in [0.3, 0.4) is 0 Å². The smallest absolute Gasteiger partial charge is 0.0923 e. The molecule has 2 saturated carbocycles. The Morgan fingerprint density at radius 3 is 2.55 bits per heavy atom. The second-order valence-corrected chi connectivity index (χ2v) is 5.39. The fraction of sp³-hybridized carbons (Fsp3) is 1.00. The molecule has 62 valence electrons. The van der Waals surface area contributed by atoms with Crippen molar-refractivity contribution >= 4 is 0 Å². The molecule has 0 N–H and O–H groups in total. The van der Waals surface area contributed by atoms with Gasteiger partial charge in [0, 0.05) is 0 Å². The lowest BCUT2D eigenvalue weighted by Crippen LogP contribution is -2.16. The van der Waals surface area contributed by atoms with Crippen LogP contribution >= 0.6 is 0 Å². The van der Waals surface area contributed by atoms with Gasteiger partial charge in [-0.25, -0.2) is 0 Å². The predicted molar refractivity (Wildman–Crippen MR) is 43.3 cm³/mol. The zero-order valence-corrected chi connectivity index (χ0v) is 7.55. The van der Waals surface area contributed by atoms with Crippen molar-refractivity contribution in [3.63, 3.8) is 0 Å². The van der Waals surface area contributed by atoms with Gasteiger partial charge in [-0.05, 0) is 37.0 Å². The first-order chi connectivity index (χ1) is 5.04. The van der Waals surface area contributed by atoms with Crippen LogP contribution in [0, 0.1) is 17.3 Å². The average Bonchev–Trinajstić information content (AvgIpc) is 2.68. The third kappa shape index (κ3) is 0.618. The summed E-state index contributed by atoms with van der Waals surface area (Å²) in [5.41, 5.74) is 0.967. The number of hydrogen-bond donors (Lipinski definition) is 0. The summed E-state index contributed by atoms with van der Waals surface area (Å²) in [7, 11) is 0. The SMILES string of the molecule is CC1(C)[C@@H]2C[C@@H]3O[C@]3(C)C[C@@H]21. The number of epoxide rings is 1. The number of ether oxygens (including phenoxy) is 1. The van der Waals surface area contributed by atoms with E-state index >= 15 is 0 Å². The molecule has 0 radical (unpaired) electrons. The van der Waals surface area contributed by atoms with Gasteiger partial charge >= 0.3 is 0 Å². The summed E-state index contributed by atoms with van der Waals surface area (Å²) < 4.78 is 5.66. The molecule has 0 unspecified atom stereocenters. The van der Waals surface area contributed by atoms with Crippen molar-refractivity contribution in [2.24, 2.45) is 17.3 Å². The first kappa shape index (κ1) is 6.47. The van der Waals surface area contributed by atoms with Crippen molar-refractivity contribution in [2.75, 3.05) is 0 Å². The van der Waals surface area contributed by atoms with E-state index in [1.807, 2.05) is 0 Å². The zero-order valence-electron chi connectivity index (χ0n) is 7.55. The van der Waals surface area contributed by atoms with Crippen LogP contribution in [0.4, 0.5) is 0 Å². The van der Waals surface area contributed by atoms with Gasteiger partial charge in [0.1, 0.15) is 0 Å². The van der Waals surface area contributed by atoms with E-state index in [0.29, 0.717) is 17.1 Å². The summed E-state index contributed by atoms with van der Waals surface area (Å²) >= 11 is 0. The van der Waals surface area contributed by atoms with E-state index in [4.69, 9.17) is 4.74 Å². The molecule has 3 fully saturated rings. The van der Waals surface area contributed by atoms with E-state index in [9.17, 15) is 0 Å². The van der Waals surface area contributed by atoms with Gasteiger partial charge in [-0.1, -0.05) is 13.8 Å². The summed E-state index contributed by atoms with van der Waals surface area (Å²) in [6.45, 7) is 7.11. The first-order valence-corrected chi connectivity index (χ1v) is 4.72. The maximum Gasteiger partial charge on any atom is 0.0923 e. The third-order valence-corrected chi connectivity index (χ3v) is 4.42. The normalized spacial score (nSPS) is 63.0. The lowest BCUT2D eigenvalue weighted by Gasteiger charge is -2.09. The summed E-state index contributed by atoms with van der Waals surface area (Å²) in [5, 5.41) is 0. The zero-order chi connectivity index (χ0) is 7.85. The Morgan fingerprint density at radius 2 is 1.91 bits per heavy atom. The van der Waals surface area contributed by atoms with E-state index in [2.05, 4.69) is 20.8 Å². The summed E-state index contributed by atoms with van der Waals surface area (Å²) in [4.78, 5) is 0. The second kappa shape index (κ2) is 1.39. The van der Waals surface area contributed by atoms with Gasteiger partial charge in [0.2, 0.25) is 0 Å². The Kier molecular flexibility index (Phi) is 0.820. The Bertz CT molecular complexity index is 221. The van der Waals surface area contributed by atoms with Gasteiger partial charge in [-0.15, -0.1) is 0 Å². The highest BCUT2D eigenvalue weighted by atomic mass is 16.6. The lowest BCUT2D eigenvalue weighted by atomic mass is 9.91. The summed E-state index contributed by atoms with van der Waals surface area (Å²) in [6, 6.07) is 0. The molecule has 1 aliphatic heterocycles. The fourth-order valence-electron chi connectivity index (χ4n) is 3.17. The second-order valence-electron chi connectivity index (χ2n) is 5.39. The van der Waals surface area contributed by atoms with Gasteiger partial charge in [-0.2, -0.15) is 0 Å². The molecule has 0 aromatic rings. The fourth-order valence-corrected chi connectivity index (χ4v) is 3.17. The van der Waals surface area contributed by atoms with Gasteiger partial charge < -0.3 is 4.74 Å². The third-order valence-electron chi connectivity index (χ3n) is 4.42. The van der Waals surface area contributed by atoms with Crippen molar-refractivity contribution in [3.05, 3.63) is 0 Å². The van der Waals surface area contributed by atoms with Crippen molar-refractivity contribution in [1.82, 2.24) is 0 Å². The molecule has 0 spiro atoms. The minimum absolute atomic E-state index is 0.314. The van der Waals surface area contributed by atoms with Gasteiger partial charge in [0.05, 0.1) is 11.7 Å². The van der Waals surface area contributed by atoms with Crippen LogP contribution in [0.1, 0.15) is 33.6 Å². The van der Waals surface area contributed by atoms with E-state index in [1.54, 1.807) is 0 Å². The molecule has 2 aliphatic carbocycles. The lowest BCUT2D eigenvalue weighted by molar-refractivity contribution is 0.282. The van der Waals surface area contributed by atoms with Crippen LogP contribution in [0.5, 0.6) is 0 Å². The topological polar surface area (TPSA) is 12.5 Å². The highest BCUT2D eigenvalue weighted by molar-refractivity contribution is 5.18. The number of rotatable bonds is 0. The van der Waals surface area contributed by atoms with Crippen molar-refractivity contribution in [1.29, 1.82) is 0 Å². The molecular formula is C10H16O. The van der Waals surface area contributed by atoms with Crippen molar-refractivity contribution < 1.29 is 4.74 Å². The monoisotopic (exact) mass is 152 g/mol. The van der Waals surface area contributed by atoms with Crippen molar-refractivity contribution in [2.45, 2.75) is 45.3 Å². The average molecular weight is 152 g/mol. The van der Waals surface area contributed by atoms with Crippen LogP contribution in [0.2, 0.25) is 0 Å². The number of fused-ring (bicyclic) bond motifs is 2. The molecular weight excluding hydrogens is 136 g/mol. The molecule has 0 amide bonds. The maximum absolute atomic E-state index is 5.66. The van der Waals surface area contributed by atoms with Crippen LogP contribution in [0.15, 0.2) is 0 Å². The molecule has 0 aromatic heterocycles. The molecule has 0 aromatic carbocycles. The Morgan fingerprint density at radius 1 is 1.18 bits per heavy atom. The van der Waals surface area contributed by atoms with Gasteiger partial charge in [0.25, 0.3) is 0 Å². The van der Waals surface area contributed by atoms with Gasteiger partial charge in [0.15, 0.2) is 0 Å². The minimum Gasteiger partial charge on any atom is -0.366 e. The Hall–Kier alpha value is -0.0400. The predicted octanol–water partition coefficient (Wildman–Crippen LogP) is 2.21. The van der Waals surface area contributed by atoms with Crippen LogP contribution in [-0.2, 0) is 4.74 Å². The Labute approximate surface area is 68.1 Å². The molecule has 1 heteroatoms. The molecule has 3 rings (SSSR count). The molecule has 1 heterocycles. The van der Waals surface area contributed by atoms with Gasteiger partial charge in [-0.3, -0.25) is 0 Å². The first-order valence-electron chi connectivity index (χ1n) is 4.72. The largest absolute Gasteiger partial charge is 0.366 e.